The zero-order valence-electron chi connectivity index (χ0n) is 12.0. The fourth-order valence-corrected chi connectivity index (χ4v) is 2.33. The summed E-state index contributed by atoms with van der Waals surface area (Å²) < 4.78 is 0. The van der Waals surface area contributed by atoms with Gasteiger partial charge in [0, 0.05) is 30.4 Å². The minimum atomic E-state index is 0.194. The van der Waals surface area contributed by atoms with Gasteiger partial charge >= 0.3 is 0 Å². The van der Waals surface area contributed by atoms with Gasteiger partial charge in [-0.25, -0.2) is 0 Å². The molecule has 0 spiro atoms. The lowest BCUT2D eigenvalue weighted by Gasteiger charge is -2.17. The molecule has 0 aliphatic heterocycles. The quantitative estimate of drug-likeness (QED) is 0.759. The molecule has 2 rings (SSSR count). The molecule has 2 aromatic rings. The molecule has 1 heterocycles. The first-order chi connectivity index (χ1) is 9.77. The molecular formula is C17H23N3. The van der Waals surface area contributed by atoms with Crippen molar-refractivity contribution in [2.75, 3.05) is 13.1 Å². The summed E-state index contributed by atoms with van der Waals surface area (Å²) >= 11 is 0. The highest BCUT2D eigenvalue weighted by Gasteiger charge is 2.14. The summed E-state index contributed by atoms with van der Waals surface area (Å²) in [6.45, 7) is 3.81. The normalized spacial score (nSPS) is 13.9. The van der Waals surface area contributed by atoms with Gasteiger partial charge in [0.15, 0.2) is 0 Å². The summed E-state index contributed by atoms with van der Waals surface area (Å²) in [5, 5.41) is 3.40. The van der Waals surface area contributed by atoms with E-state index in [2.05, 4.69) is 40.6 Å². The van der Waals surface area contributed by atoms with E-state index in [-0.39, 0.29) is 6.04 Å². The van der Waals surface area contributed by atoms with Crippen molar-refractivity contribution >= 4 is 0 Å². The van der Waals surface area contributed by atoms with Crippen LogP contribution in [0.2, 0.25) is 0 Å². The number of nitrogens with two attached hydrogens (primary N) is 1. The molecule has 0 aliphatic carbocycles. The lowest BCUT2D eigenvalue weighted by Crippen LogP contribution is -2.32. The summed E-state index contributed by atoms with van der Waals surface area (Å²) in [4.78, 5) is 4.52. The van der Waals surface area contributed by atoms with Gasteiger partial charge in [0.05, 0.1) is 0 Å². The SMILES string of the molecule is CC(N)CNCCC(c1ccccc1)c1ccccn1. The fraction of sp³-hybridized carbons (Fsp3) is 0.353. The highest BCUT2D eigenvalue weighted by molar-refractivity contribution is 5.28. The van der Waals surface area contributed by atoms with E-state index in [9.17, 15) is 0 Å². The summed E-state index contributed by atoms with van der Waals surface area (Å²) in [5.74, 6) is 0.331. The maximum Gasteiger partial charge on any atom is 0.0478 e. The van der Waals surface area contributed by atoms with Crippen molar-refractivity contribution in [3.8, 4) is 0 Å². The van der Waals surface area contributed by atoms with E-state index in [1.165, 1.54) is 5.56 Å². The van der Waals surface area contributed by atoms with E-state index >= 15 is 0 Å². The Morgan fingerprint density at radius 1 is 1.10 bits per heavy atom. The third-order valence-corrected chi connectivity index (χ3v) is 3.32. The second kappa shape index (κ2) is 7.78. The Morgan fingerprint density at radius 2 is 1.85 bits per heavy atom. The molecule has 0 amide bonds. The van der Waals surface area contributed by atoms with Crippen LogP contribution in [-0.4, -0.2) is 24.1 Å². The third kappa shape index (κ3) is 4.44. The Balaban J connectivity index is 2.06. The van der Waals surface area contributed by atoms with Crippen LogP contribution < -0.4 is 11.1 Å². The molecule has 0 fully saturated rings. The Kier molecular flexibility index (Phi) is 5.71. The average Bonchev–Trinajstić information content (AvgIpc) is 2.49. The topological polar surface area (TPSA) is 50.9 Å². The number of aromatic nitrogens is 1. The van der Waals surface area contributed by atoms with Crippen LogP contribution in [0.15, 0.2) is 54.7 Å². The van der Waals surface area contributed by atoms with Crippen molar-refractivity contribution in [2.45, 2.75) is 25.3 Å². The smallest absolute Gasteiger partial charge is 0.0478 e. The molecule has 3 nitrogen and oxygen atoms in total. The van der Waals surface area contributed by atoms with Gasteiger partial charge in [0.1, 0.15) is 0 Å². The lowest BCUT2D eigenvalue weighted by atomic mass is 9.92. The minimum Gasteiger partial charge on any atom is -0.327 e. The first kappa shape index (κ1) is 14.7. The highest BCUT2D eigenvalue weighted by atomic mass is 14.9. The molecule has 0 aliphatic rings. The minimum absolute atomic E-state index is 0.194. The molecule has 106 valence electrons. The Hall–Kier alpha value is -1.71. The number of nitrogens with zero attached hydrogens (tertiary/aromatic N) is 1. The van der Waals surface area contributed by atoms with Crippen LogP contribution in [0.4, 0.5) is 0 Å². The first-order valence-electron chi connectivity index (χ1n) is 7.19. The van der Waals surface area contributed by atoms with Gasteiger partial charge in [-0.2, -0.15) is 0 Å². The second-order valence-corrected chi connectivity index (χ2v) is 5.19. The molecule has 3 heteroatoms. The van der Waals surface area contributed by atoms with E-state index in [1.807, 2.05) is 31.3 Å². The predicted octanol–water partition coefficient (Wildman–Crippen LogP) is 2.54. The summed E-state index contributed by atoms with van der Waals surface area (Å²) in [7, 11) is 0. The van der Waals surface area contributed by atoms with Gasteiger partial charge in [0.25, 0.3) is 0 Å². The summed E-state index contributed by atoms with van der Waals surface area (Å²) in [5.41, 5.74) is 8.20. The third-order valence-electron chi connectivity index (χ3n) is 3.32. The van der Waals surface area contributed by atoms with E-state index < -0.39 is 0 Å². The molecule has 0 bridgehead atoms. The lowest BCUT2D eigenvalue weighted by molar-refractivity contribution is 0.567. The average molecular weight is 269 g/mol. The number of pyridine rings is 1. The van der Waals surface area contributed by atoms with Crippen molar-refractivity contribution in [3.05, 3.63) is 66.0 Å². The molecule has 2 atom stereocenters. The fourth-order valence-electron chi connectivity index (χ4n) is 2.33. The molecule has 1 aromatic carbocycles. The Labute approximate surface area is 121 Å². The summed E-state index contributed by atoms with van der Waals surface area (Å²) in [6.07, 6.45) is 2.88. The van der Waals surface area contributed by atoms with Crippen LogP contribution in [0, 0.1) is 0 Å². The van der Waals surface area contributed by atoms with Crippen molar-refractivity contribution in [3.63, 3.8) is 0 Å². The maximum atomic E-state index is 5.76. The highest BCUT2D eigenvalue weighted by Crippen LogP contribution is 2.25. The van der Waals surface area contributed by atoms with Gasteiger partial charge in [-0.3, -0.25) is 4.98 Å². The number of nitrogens with one attached hydrogen (secondary N) is 1. The number of benzene rings is 1. The largest absolute Gasteiger partial charge is 0.327 e. The maximum absolute atomic E-state index is 5.76. The molecule has 20 heavy (non-hydrogen) atoms. The Bertz CT molecular complexity index is 443. The van der Waals surface area contributed by atoms with Crippen molar-refractivity contribution in [1.29, 1.82) is 0 Å². The number of rotatable bonds is 7. The van der Waals surface area contributed by atoms with Crippen LogP contribution >= 0.6 is 0 Å². The van der Waals surface area contributed by atoms with E-state index in [0.717, 1.165) is 25.2 Å². The van der Waals surface area contributed by atoms with Crippen LogP contribution in [0.3, 0.4) is 0 Å². The van der Waals surface area contributed by atoms with Gasteiger partial charge in [-0.1, -0.05) is 36.4 Å². The predicted molar refractivity (Wildman–Crippen MR) is 83.7 cm³/mol. The Morgan fingerprint density at radius 3 is 2.50 bits per heavy atom. The van der Waals surface area contributed by atoms with E-state index in [1.54, 1.807) is 0 Å². The summed E-state index contributed by atoms with van der Waals surface area (Å²) in [6, 6.07) is 16.9. The monoisotopic (exact) mass is 269 g/mol. The zero-order valence-corrected chi connectivity index (χ0v) is 12.0. The number of hydrogen-bond donors (Lipinski definition) is 2. The van der Waals surface area contributed by atoms with Gasteiger partial charge in [0.2, 0.25) is 0 Å². The first-order valence-corrected chi connectivity index (χ1v) is 7.19. The molecule has 2 unspecified atom stereocenters. The molecule has 0 saturated heterocycles. The number of hydrogen-bond acceptors (Lipinski definition) is 3. The standard InChI is InChI=1S/C17H23N3/c1-14(18)13-19-12-10-16(15-7-3-2-4-8-15)17-9-5-6-11-20-17/h2-9,11,14,16,19H,10,12-13,18H2,1H3. The zero-order chi connectivity index (χ0) is 14.2. The molecule has 1 aromatic heterocycles. The van der Waals surface area contributed by atoms with Crippen LogP contribution in [-0.2, 0) is 0 Å². The van der Waals surface area contributed by atoms with E-state index in [0.29, 0.717) is 5.92 Å². The van der Waals surface area contributed by atoms with Crippen molar-refractivity contribution < 1.29 is 0 Å². The van der Waals surface area contributed by atoms with Crippen LogP contribution in [0.1, 0.15) is 30.5 Å². The molecule has 0 saturated carbocycles. The van der Waals surface area contributed by atoms with Gasteiger partial charge in [-0.15, -0.1) is 0 Å². The van der Waals surface area contributed by atoms with Gasteiger partial charge < -0.3 is 11.1 Å². The molecule has 3 N–H and O–H groups in total. The van der Waals surface area contributed by atoms with Crippen molar-refractivity contribution in [2.24, 2.45) is 5.73 Å². The van der Waals surface area contributed by atoms with Crippen LogP contribution in [0.5, 0.6) is 0 Å². The second-order valence-electron chi connectivity index (χ2n) is 5.19. The van der Waals surface area contributed by atoms with Crippen LogP contribution in [0.25, 0.3) is 0 Å². The van der Waals surface area contributed by atoms with E-state index in [4.69, 9.17) is 5.73 Å². The molecular weight excluding hydrogens is 246 g/mol. The van der Waals surface area contributed by atoms with Crippen molar-refractivity contribution in [1.82, 2.24) is 10.3 Å². The molecule has 0 radical (unpaired) electrons. The van der Waals surface area contributed by atoms with Gasteiger partial charge in [-0.05, 0) is 37.6 Å².